The number of aromatic nitrogens is 3. The lowest BCUT2D eigenvalue weighted by molar-refractivity contribution is -0.145. The molecular formula is C28H30ClN3O4. The third-order valence-corrected chi connectivity index (χ3v) is 7.57. The molecule has 7 nitrogen and oxygen atoms in total. The SMILES string of the molecule is COC(=O)[C@@H](C)[C@H](c1ccc2c(c1)OC(c1ncc(-c3cc(OC)ncc3Cl)nc1C)CC2)C1CC1. The molecular weight excluding hydrogens is 478 g/mol. The van der Waals surface area contributed by atoms with Gasteiger partial charge in [-0.2, -0.15) is 0 Å². The van der Waals surface area contributed by atoms with Crippen molar-refractivity contribution in [1.29, 1.82) is 0 Å². The first kappa shape index (κ1) is 24.5. The number of pyridine rings is 1. The van der Waals surface area contributed by atoms with E-state index in [9.17, 15) is 4.79 Å². The van der Waals surface area contributed by atoms with Crippen molar-refractivity contribution < 1.29 is 19.0 Å². The Labute approximate surface area is 216 Å². The molecule has 0 bridgehead atoms. The number of ether oxygens (including phenoxy) is 3. The van der Waals surface area contributed by atoms with Crippen LogP contribution in [0, 0.1) is 18.8 Å². The number of aryl methyl sites for hydroxylation is 2. The van der Waals surface area contributed by atoms with Crippen LogP contribution in [-0.4, -0.2) is 35.1 Å². The molecule has 1 aliphatic heterocycles. The zero-order valence-electron chi connectivity index (χ0n) is 21.0. The van der Waals surface area contributed by atoms with Gasteiger partial charge in [0.25, 0.3) is 0 Å². The van der Waals surface area contributed by atoms with Crippen molar-refractivity contribution in [2.24, 2.45) is 11.8 Å². The second-order valence-electron chi connectivity index (χ2n) is 9.62. The van der Waals surface area contributed by atoms with Gasteiger partial charge in [0.2, 0.25) is 5.88 Å². The standard InChI is InChI=1S/C28H30ClN3O4/c1-15(28(33)35-4)26(18-6-7-18)19-8-5-17-9-10-23(36-24(17)11-19)27-16(2)32-22(14-31-27)20-12-25(34-3)30-13-21(20)29/h5,8,11-15,18,23,26H,6-7,9-10H2,1-4H3/t15-,23?,26-/m0/s1. The van der Waals surface area contributed by atoms with Gasteiger partial charge in [0, 0.05) is 11.6 Å². The van der Waals surface area contributed by atoms with Gasteiger partial charge in [-0.1, -0.05) is 30.7 Å². The number of esters is 1. The van der Waals surface area contributed by atoms with Crippen LogP contribution >= 0.6 is 11.6 Å². The summed E-state index contributed by atoms with van der Waals surface area (Å²) in [5, 5.41) is 0.485. The van der Waals surface area contributed by atoms with Gasteiger partial charge in [0.05, 0.1) is 48.9 Å². The number of fused-ring (bicyclic) bond motifs is 1. The molecule has 36 heavy (non-hydrogen) atoms. The third kappa shape index (κ3) is 4.76. The summed E-state index contributed by atoms with van der Waals surface area (Å²) < 4.78 is 16.8. The molecule has 1 aromatic carbocycles. The average Bonchev–Trinajstić information content (AvgIpc) is 3.73. The molecule has 1 saturated carbocycles. The molecule has 5 rings (SSSR count). The van der Waals surface area contributed by atoms with Gasteiger partial charge >= 0.3 is 5.97 Å². The number of carbonyl (C=O) groups is 1. The number of methoxy groups -OCH3 is 2. The largest absolute Gasteiger partial charge is 0.484 e. The summed E-state index contributed by atoms with van der Waals surface area (Å²) in [4.78, 5) is 26.0. The van der Waals surface area contributed by atoms with E-state index in [1.165, 1.54) is 12.7 Å². The topological polar surface area (TPSA) is 83.4 Å². The quantitative estimate of drug-likeness (QED) is 0.369. The van der Waals surface area contributed by atoms with Crippen molar-refractivity contribution in [2.45, 2.75) is 51.6 Å². The number of carbonyl (C=O) groups excluding carboxylic acids is 1. The highest BCUT2D eigenvalue weighted by atomic mass is 35.5. The Bertz CT molecular complexity index is 1290. The summed E-state index contributed by atoms with van der Waals surface area (Å²) in [7, 11) is 3.02. The van der Waals surface area contributed by atoms with Crippen molar-refractivity contribution in [2.75, 3.05) is 14.2 Å². The Kier molecular flexibility index (Phi) is 6.84. The highest BCUT2D eigenvalue weighted by Crippen LogP contribution is 2.48. The van der Waals surface area contributed by atoms with Crippen LogP contribution in [0.25, 0.3) is 11.3 Å². The van der Waals surface area contributed by atoms with Crippen LogP contribution in [0.2, 0.25) is 5.02 Å². The number of benzene rings is 1. The summed E-state index contributed by atoms with van der Waals surface area (Å²) >= 11 is 6.36. The Morgan fingerprint density at radius 3 is 2.64 bits per heavy atom. The molecule has 3 heterocycles. The summed E-state index contributed by atoms with van der Waals surface area (Å²) in [6.45, 7) is 3.90. The highest BCUT2D eigenvalue weighted by molar-refractivity contribution is 6.33. The predicted octanol–water partition coefficient (Wildman–Crippen LogP) is 5.88. The Morgan fingerprint density at radius 1 is 1.14 bits per heavy atom. The fourth-order valence-corrected chi connectivity index (χ4v) is 5.41. The Hall–Kier alpha value is -3.19. The molecule has 3 atom stereocenters. The molecule has 3 aromatic rings. The van der Waals surface area contributed by atoms with Crippen LogP contribution in [0.3, 0.4) is 0 Å². The van der Waals surface area contributed by atoms with Crippen molar-refractivity contribution in [3.63, 3.8) is 0 Å². The number of hydrogen-bond donors (Lipinski definition) is 0. The van der Waals surface area contributed by atoms with E-state index in [2.05, 4.69) is 23.2 Å². The van der Waals surface area contributed by atoms with Gasteiger partial charge in [-0.3, -0.25) is 9.78 Å². The molecule has 1 fully saturated rings. The van der Waals surface area contributed by atoms with Crippen LogP contribution in [0.5, 0.6) is 11.6 Å². The predicted molar refractivity (Wildman–Crippen MR) is 136 cm³/mol. The number of nitrogens with zero attached hydrogens (tertiary/aromatic N) is 3. The zero-order valence-corrected chi connectivity index (χ0v) is 21.7. The second kappa shape index (κ2) is 10.1. The second-order valence-corrected chi connectivity index (χ2v) is 10.0. The van der Waals surface area contributed by atoms with Crippen molar-refractivity contribution in [1.82, 2.24) is 15.0 Å². The minimum atomic E-state index is -0.200. The van der Waals surface area contributed by atoms with Crippen LogP contribution < -0.4 is 9.47 Å². The van der Waals surface area contributed by atoms with Gasteiger partial charge in [-0.25, -0.2) is 9.97 Å². The van der Waals surface area contributed by atoms with Crippen molar-refractivity contribution in [3.05, 3.63) is 64.2 Å². The van der Waals surface area contributed by atoms with E-state index in [4.69, 9.17) is 35.8 Å². The van der Waals surface area contributed by atoms with E-state index in [1.54, 1.807) is 25.6 Å². The molecule has 0 saturated heterocycles. The van der Waals surface area contributed by atoms with E-state index in [1.807, 2.05) is 13.8 Å². The van der Waals surface area contributed by atoms with Gasteiger partial charge in [-0.15, -0.1) is 0 Å². The van der Waals surface area contributed by atoms with E-state index >= 15 is 0 Å². The first-order valence-corrected chi connectivity index (χ1v) is 12.7. The number of halogens is 1. The maximum Gasteiger partial charge on any atom is 0.309 e. The van der Waals surface area contributed by atoms with Gasteiger partial charge < -0.3 is 14.2 Å². The summed E-state index contributed by atoms with van der Waals surface area (Å²) in [6.07, 6.45) is 7.05. The van der Waals surface area contributed by atoms with E-state index in [-0.39, 0.29) is 23.9 Å². The van der Waals surface area contributed by atoms with Gasteiger partial charge in [0.1, 0.15) is 17.5 Å². The fraction of sp³-hybridized carbons (Fsp3) is 0.429. The molecule has 8 heteroatoms. The van der Waals surface area contributed by atoms with Crippen LogP contribution in [0.1, 0.15) is 60.7 Å². The average molecular weight is 508 g/mol. The smallest absolute Gasteiger partial charge is 0.309 e. The van der Waals surface area contributed by atoms with Crippen LogP contribution in [0.4, 0.5) is 0 Å². The maximum absolute atomic E-state index is 12.3. The molecule has 1 unspecified atom stereocenters. The van der Waals surface area contributed by atoms with E-state index < -0.39 is 0 Å². The molecule has 0 spiro atoms. The van der Waals surface area contributed by atoms with Crippen molar-refractivity contribution in [3.8, 4) is 22.9 Å². The highest BCUT2D eigenvalue weighted by Gasteiger charge is 2.39. The monoisotopic (exact) mass is 507 g/mol. The lowest BCUT2D eigenvalue weighted by Gasteiger charge is -2.29. The number of rotatable bonds is 7. The van der Waals surface area contributed by atoms with Crippen molar-refractivity contribution >= 4 is 17.6 Å². The molecule has 0 radical (unpaired) electrons. The molecule has 2 aliphatic rings. The zero-order chi connectivity index (χ0) is 25.4. The normalized spacial score (nSPS) is 18.5. The fourth-order valence-electron chi connectivity index (χ4n) is 5.21. The Balaban J connectivity index is 1.40. The molecule has 1 aliphatic carbocycles. The van der Waals surface area contributed by atoms with Gasteiger partial charge in [-0.05, 0) is 61.6 Å². The molecule has 188 valence electrons. The first-order chi connectivity index (χ1) is 17.4. The van der Waals surface area contributed by atoms with Crippen LogP contribution in [-0.2, 0) is 16.0 Å². The third-order valence-electron chi connectivity index (χ3n) is 7.27. The minimum absolute atomic E-state index is 0.134. The van der Waals surface area contributed by atoms with Gasteiger partial charge in [0.15, 0.2) is 0 Å². The van der Waals surface area contributed by atoms with E-state index in [0.717, 1.165) is 53.9 Å². The molecule has 2 aromatic heterocycles. The maximum atomic E-state index is 12.3. The summed E-state index contributed by atoms with van der Waals surface area (Å²) in [6, 6.07) is 8.16. The lowest BCUT2D eigenvalue weighted by atomic mass is 9.82. The number of hydrogen-bond acceptors (Lipinski definition) is 7. The molecule has 0 N–H and O–H groups in total. The Morgan fingerprint density at radius 2 is 1.94 bits per heavy atom. The first-order valence-electron chi connectivity index (χ1n) is 12.3. The molecule has 0 amide bonds. The summed E-state index contributed by atoms with van der Waals surface area (Å²) in [5.74, 6) is 1.61. The minimum Gasteiger partial charge on any atom is -0.484 e. The van der Waals surface area contributed by atoms with E-state index in [0.29, 0.717) is 22.5 Å². The van der Waals surface area contributed by atoms with Crippen LogP contribution in [0.15, 0.2) is 36.7 Å². The lowest BCUT2D eigenvalue weighted by Crippen LogP contribution is -2.23. The summed E-state index contributed by atoms with van der Waals surface area (Å²) in [5.41, 5.74) is 5.29.